The highest BCUT2D eigenvalue weighted by molar-refractivity contribution is 5.81. The first-order valence-electron chi connectivity index (χ1n) is 8.54. The van der Waals surface area contributed by atoms with Gasteiger partial charge in [0.25, 0.3) is 0 Å². The van der Waals surface area contributed by atoms with Gasteiger partial charge in [-0.05, 0) is 69.2 Å². The molecule has 124 valence electrons. The molecule has 1 saturated carbocycles. The molecule has 4 heteroatoms. The molecule has 2 fully saturated rings. The molecule has 4 nitrogen and oxygen atoms in total. The summed E-state index contributed by atoms with van der Waals surface area (Å²) in [6.45, 7) is 7.38. The van der Waals surface area contributed by atoms with E-state index in [2.05, 4.69) is 6.07 Å². The smallest absolute Gasteiger partial charge is 0.314 e. The quantitative estimate of drug-likeness (QED) is 0.636. The van der Waals surface area contributed by atoms with Crippen LogP contribution >= 0.6 is 0 Å². The maximum atomic E-state index is 12.4. The summed E-state index contributed by atoms with van der Waals surface area (Å²) in [5.41, 5.74) is 3.25. The van der Waals surface area contributed by atoms with Gasteiger partial charge in [-0.15, -0.1) is 0 Å². The van der Waals surface area contributed by atoms with Gasteiger partial charge >= 0.3 is 5.97 Å². The summed E-state index contributed by atoms with van der Waals surface area (Å²) < 4.78 is 5.66. The van der Waals surface area contributed by atoms with Crippen LogP contribution in [0.2, 0.25) is 0 Å². The van der Waals surface area contributed by atoms with E-state index in [1.54, 1.807) is 0 Å². The van der Waals surface area contributed by atoms with Crippen molar-refractivity contribution in [3.8, 4) is 5.75 Å². The molecule has 0 spiro atoms. The number of ether oxygens (including phenoxy) is 1. The maximum Gasteiger partial charge on any atom is 0.314 e. The lowest BCUT2D eigenvalue weighted by atomic mass is 9.96. The van der Waals surface area contributed by atoms with Gasteiger partial charge in [-0.1, -0.05) is 6.07 Å². The van der Waals surface area contributed by atoms with Crippen molar-refractivity contribution < 1.29 is 14.3 Å². The molecule has 0 unspecified atom stereocenters. The molecule has 2 aliphatic rings. The Morgan fingerprint density at radius 1 is 1.00 bits per heavy atom. The van der Waals surface area contributed by atoms with Crippen molar-refractivity contribution in [1.82, 2.24) is 4.90 Å². The summed E-state index contributed by atoms with van der Waals surface area (Å²) in [5, 5.41) is 0. The van der Waals surface area contributed by atoms with Crippen LogP contribution in [0.1, 0.15) is 42.4 Å². The Bertz CT molecular complexity index is 626. The van der Waals surface area contributed by atoms with Crippen LogP contribution < -0.4 is 4.74 Å². The lowest BCUT2D eigenvalue weighted by Crippen LogP contribution is -2.41. The summed E-state index contributed by atoms with van der Waals surface area (Å²) >= 11 is 0. The second-order valence-electron chi connectivity index (χ2n) is 7.00. The number of carbonyl (C=O) groups is 2. The summed E-state index contributed by atoms with van der Waals surface area (Å²) in [4.78, 5) is 26.4. The third-order valence-corrected chi connectivity index (χ3v) is 5.04. The molecule has 0 atom stereocenters. The first-order valence-corrected chi connectivity index (χ1v) is 8.54. The molecule has 0 bridgehead atoms. The Morgan fingerprint density at radius 2 is 1.65 bits per heavy atom. The minimum atomic E-state index is -0.156. The minimum absolute atomic E-state index is 0.0986. The number of amides is 1. The predicted molar refractivity (Wildman–Crippen MR) is 88.3 cm³/mol. The summed E-state index contributed by atoms with van der Waals surface area (Å²) in [7, 11) is 0. The van der Waals surface area contributed by atoms with E-state index in [1.807, 2.05) is 31.7 Å². The lowest BCUT2D eigenvalue weighted by molar-refractivity contribution is -0.143. The van der Waals surface area contributed by atoms with Crippen LogP contribution in [0.15, 0.2) is 12.1 Å². The monoisotopic (exact) mass is 315 g/mol. The van der Waals surface area contributed by atoms with Crippen molar-refractivity contribution in [2.75, 3.05) is 13.1 Å². The molecular formula is C19H25NO3. The van der Waals surface area contributed by atoms with Gasteiger partial charge in [0.15, 0.2) is 0 Å². The number of hydrogen-bond donors (Lipinski definition) is 0. The number of benzene rings is 1. The largest absolute Gasteiger partial charge is 0.426 e. The van der Waals surface area contributed by atoms with Crippen LogP contribution in [-0.4, -0.2) is 29.9 Å². The lowest BCUT2D eigenvalue weighted by Gasteiger charge is -2.31. The molecule has 1 saturated heterocycles. The third-order valence-electron chi connectivity index (χ3n) is 5.04. The molecule has 0 radical (unpaired) electrons. The van der Waals surface area contributed by atoms with Crippen LogP contribution in [0.5, 0.6) is 5.75 Å². The van der Waals surface area contributed by atoms with Crippen LogP contribution in [0.25, 0.3) is 0 Å². The average molecular weight is 315 g/mol. The van der Waals surface area contributed by atoms with Crippen LogP contribution in [0.3, 0.4) is 0 Å². The van der Waals surface area contributed by atoms with E-state index in [0.29, 0.717) is 31.7 Å². The highest BCUT2D eigenvalue weighted by Crippen LogP contribution is 2.33. The van der Waals surface area contributed by atoms with Crippen molar-refractivity contribution in [2.24, 2.45) is 11.8 Å². The molecular weight excluding hydrogens is 290 g/mol. The number of carbonyl (C=O) groups excluding carboxylic acids is 2. The summed E-state index contributed by atoms with van der Waals surface area (Å²) in [5.74, 6) is 0.956. The molecule has 1 aromatic carbocycles. The zero-order chi connectivity index (χ0) is 16.6. The van der Waals surface area contributed by atoms with Gasteiger partial charge in [-0.25, -0.2) is 0 Å². The zero-order valence-corrected chi connectivity index (χ0v) is 14.2. The van der Waals surface area contributed by atoms with E-state index in [-0.39, 0.29) is 23.7 Å². The van der Waals surface area contributed by atoms with Crippen LogP contribution in [-0.2, 0) is 9.59 Å². The van der Waals surface area contributed by atoms with Crippen molar-refractivity contribution in [3.63, 3.8) is 0 Å². The van der Waals surface area contributed by atoms with Gasteiger partial charge in [-0.2, -0.15) is 0 Å². The summed E-state index contributed by atoms with van der Waals surface area (Å²) in [6, 6.07) is 4.01. The van der Waals surface area contributed by atoms with Gasteiger partial charge in [0, 0.05) is 19.0 Å². The van der Waals surface area contributed by atoms with Gasteiger partial charge < -0.3 is 9.64 Å². The average Bonchev–Trinajstić information content (AvgIpc) is 3.36. The Balaban J connectivity index is 1.58. The first-order chi connectivity index (χ1) is 11.0. The fraction of sp³-hybridized carbons (Fsp3) is 0.579. The Hall–Kier alpha value is -1.84. The van der Waals surface area contributed by atoms with E-state index in [0.717, 1.165) is 29.5 Å². The number of piperidine rings is 1. The summed E-state index contributed by atoms with van der Waals surface area (Å²) in [6.07, 6.45) is 3.49. The second kappa shape index (κ2) is 6.34. The van der Waals surface area contributed by atoms with Crippen molar-refractivity contribution in [1.29, 1.82) is 0 Å². The molecule has 3 rings (SSSR count). The fourth-order valence-electron chi connectivity index (χ4n) is 3.22. The van der Waals surface area contributed by atoms with Gasteiger partial charge in [0.05, 0.1) is 5.92 Å². The second-order valence-corrected chi connectivity index (χ2v) is 7.00. The van der Waals surface area contributed by atoms with Gasteiger partial charge in [-0.3, -0.25) is 9.59 Å². The number of likely N-dealkylation sites (tertiary alicyclic amines) is 1. The number of nitrogens with zero attached hydrogens (tertiary/aromatic N) is 1. The van der Waals surface area contributed by atoms with E-state index in [9.17, 15) is 9.59 Å². The number of esters is 1. The Morgan fingerprint density at radius 3 is 2.26 bits per heavy atom. The minimum Gasteiger partial charge on any atom is -0.426 e. The highest BCUT2D eigenvalue weighted by Gasteiger charge is 2.36. The highest BCUT2D eigenvalue weighted by atomic mass is 16.5. The van der Waals surface area contributed by atoms with Crippen LogP contribution in [0, 0.1) is 32.6 Å². The normalized spacial score (nSPS) is 18.8. The standard InChI is InChI=1S/C19H25NO3/c1-12-10-13(2)14(3)17(11-12)23-19(22)16-6-8-20(9-7-16)18(21)15-4-5-15/h10-11,15-16H,4-9H2,1-3H3. The van der Waals surface area contributed by atoms with Gasteiger partial charge in [0.2, 0.25) is 5.91 Å². The maximum absolute atomic E-state index is 12.4. The first kappa shape index (κ1) is 16.0. The van der Waals surface area contributed by atoms with Crippen molar-refractivity contribution in [2.45, 2.75) is 46.5 Å². The third kappa shape index (κ3) is 3.57. The topological polar surface area (TPSA) is 46.6 Å². The molecule has 0 N–H and O–H groups in total. The van der Waals surface area contributed by atoms with Crippen molar-refractivity contribution >= 4 is 11.9 Å². The molecule has 1 aliphatic carbocycles. The fourth-order valence-corrected chi connectivity index (χ4v) is 3.22. The van der Waals surface area contributed by atoms with E-state index >= 15 is 0 Å². The van der Waals surface area contributed by atoms with E-state index in [4.69, 9.17) is 4.74 Å². The number of rotatable bonds is 3. The molecule has 0 aromatic heterocycles. The molecule has 1 aliphatic heterocycles. The van der Waals surface area contributed by atoms with E-state index in [1.165, 1.54) is 0 Å². The molecule has 23 heavy (non-hydrogen) atoms. The SMILES string of the molecule is Cc1cc(C)c(C)c(OC(=O)C2CCN(C(=O)C3CC3)CC2)c1. The number of hydrogen-bond acceptors (Lipinski definition) is 3. The zero-order valence-electron chi connectivity index (χ0n) is 14.2. The molecule has 1 aromatic rings. The predicted octanol–water partition coefficient (Wildman–Crippen LogP) is 3.17. The molecule has 1 heterocycles. The Labute approximate surface area is 137 Å². The van der Waals surface area contributed by atoms with Crippen molar-refractivity contribution in [3.05, 3.63) is 28.8 Å². The molecule has 1 amide bonds. The Kier molecular flexibility index (Phi) is 4.42. The van der Waals surface area contributed by atoms with E-state index < -0.39 is 0 Å². The number of aryl methyl sites for hydroxylation is 2. The van der Waals surface area contributed by atoms with Crippen LogP contribution in [0.4, 0.5) is 0 Å². The van der Waals surface area contributed by atoms with Gasteiger partial charge in [0.1, 0.15) is 5.75 Å².